The van der Waals surface area contributed by atoms with Crippen molar-refractivity contribution in [2.24, 2.45) is 11.1 Å². The predicted octanol–water partition coefficient (Wildman–Crippen LogP) is 2.16. The van der Waals surface area contributed by atoms with Crippen molar-refractivity contribution in [1.82, 2.24) is 9.80 Å². The minimum Gasteiger partial charge on any atom is -0.326 e. The molecule has 3 heteroatoms. The van der Waals surface area contributed by atoms with Crippen LogP contribution in [0.3, 0.4) is 0 Å². The summed E-state index contributed by atoms with van der Waals surface area (Å²) < 4.78 is 0. The van der Waals surface area contributed by atoms with Gasteiger partial charge in [-0.05, 0) is 32.7 Å². The zero-order valence-corrected chi connectivity index (χ0v) is 13.5. The third kappa shape index (κ3) is 3.46. The van der Waals surface area contributed by atoms with Crippen LogP contribution >= 0.6 is 0 Å². The number of piperazine rings is 1. The van der Waals surface area contributed by atoms with Crippen molar-refractivity contribution < 1.29 is 0 Å². The summed E-state index contributed by atoms with van der Waals surface area (Å²) in [6.07, 6.45) is 1.05. The Balaban J connectivity index is 2.88. The second-order valence-corrected chi connectivity index (χ2v) is 7.59. The molecule has 3 nitrogen and oxygen atoms in total. The van der Waals surface area contributed by atoms with Crippen molar-refractivity contribution in [3.05, 3.63) is 0 Å². The molecule has 0 spiro atoms. The van der Waals surface area contributed by atoms with E-state index in [0.29, 0.717) is 6.04 Å². The van der Waals surface area contributed by atoms with Crippen molar-refractivity contribution in [2.45, 2.75) is 65.6 Å². The SMILES string of the molecule is CCC(N)C(N1CCN(C)C(C)(C)C1)C(C)(C)C. The fourth-order valence-electron chi connectivity index (χ4n) is 3.20. The highest BCUT2D eigenvalue weighted by molar-refractivity contribution is 4.97. The van der Waals surface area contributed by atoms with Gasteiger partial charge < -0.3 is 5.73 Å². The van der Waals surface area contributed by atoms with Crippen LogP contribution in [0.25, 0.3) is 0 Å². The molecule has 2 unspecified atom stereocenters. The molecule has 0 aromatic carbocycles. The van der Waals surface area contributed by atoms with Crippen LogP contribution in [0.2, 0.25) is 0 Å². The summed E-state index contributed by atoms with van der Waals surface area (Å²) in [6, 6.07) is 0.736. The highest BCUT2D eigenvalue weighted by Crippen LogP contribution is 2.31. The molecular weight excluding hydrogens is 222 g/mol. The standard InChI is InChI=1S/C15H33N3/c1-8-12(16)13(14(2,3)4)18-10-9-17(7)15(5,6)11-18/h12-13H,8-11,16H2,1-7H3. The van der Waals surface area contributed by atoms with Crippen molar-refractivity contribution in [3.8, 4) is 0 Å². The van der Waals surface area contributed by atoms with Crippen LogP contribution in [0.1, 0.15) is 48.0 Å². The third-order valence-corrected chi connectivity index (χ3v) is 4.50. The zero-order valence-electron chi connectivity index (χ0n) is 13.5. The van der Waals surface area contributed by atoms with Crippen molar-refractivity contribution in [1.29, 1.82) is 0 Å². The largest absolute Gasteiger partial charge is 0.326 e. The first-order valence-electron chi connectivity index (χ1n) is 7.30. The molecule has 0 aromatic heterocycles. The lowest BCUT2D eigenvalue weighted by molar-refractivity contribution is -0.0208. The molecule has 0 bridgehead atoms. The van der Waals surface area contributed by atoms with Crippen LogP contribution in [0.4, 0.5) is 0 Å². The molecule has 1 aliphatic rings. The minimum atomic E-state index is 0.238. The van der Waals surface area contributed by atoms with Crippen molar-refractivity contribution in [3.63, 3.8) is 0 Å². The topological polar surface area (TPSA) is 32.5 Å². The summed E-state index contributed by atoms with van der Waals surface area (Å²) in [6.45, 7) is 17.2. The van der Waals surface area contributed by atoms with Gasteiger partial charge in [0, 0.05) is 37.3 Å². The molecule has 1 fully saturated rings. The Morgan fingerprint density at radius 1 is 1.22 bits per heavy atom. The average molecular weight is 255 g/mol. The minimum absolute atomic E-state index is 0.238. The van der Waals surface area contributed by atoms with Gasteiger partial charge in [-0.25, -0.2) is 0 Å². The molecule has 2 N–H and O–H groups in total. The van der Waals surface area contributed by atoms with Crippen LogP contribution < -0.4 is 5.73 Å². The van der Waals surface area contributed by atoms with E-state index < -0.39 is 0 Å². The third-order valence-electron chi connectivity index (χ3n) is 4.50. The molecule has 0 radical (unpaired) electrons. The molecule has 18 heavy (non-hydrogen) atoms. The molecular formula is C15H33N3. The predicted molar refractivity (Wildman–Crippen MR) is 79.8 cm³/mol. The van der Waals surface area contributed by atoms with E-state index in [9.17, 15) is 0 Å². The first-order valence-corrected chi connectivity index (χ1v) is 7.30. The average Bonchev–Trinajstić information content (AvgIpc) is 2.21. The monoisotopic (exact) mass is 255 g/mol. The normalized spacial score (nSPS) is 26.0. The molecule has 0 aliphatic carbocycles. The molecule has 1 saturated heterocycles. The number of nitrogens with two attached hydrogens (primary N) is 1. The molecule has 0 aromatic rings. The van der Waals surface area contributed by atoms with E-state index in [2.05, 4.69) is 58.4 Å². The lowest BCUT2D eigenvalue weighted by atomic mass is 9.79. The lowest BCUT2D eigenvalue weighted by Gasteiger charge is -2.52. The summed E-state index contributed by atoms with van der Waals surface area (Å²) in [7, 11) is 2.23. The van der Waals surface area contributed by atoms with Gasteiger partial charge in [0.1, 0.15) is 0 Å². The molecule has 1 aliphatic heterocycles. The van der Waals surface area contributed by atoms with Gasteiger partial charge in [0.15, 0.2) is 0 Å². The smallest absolute Gasteiger partial charge is 0.0296 e. The Hall–Kier alpha value is -0.120. The molecule has 2 atom stereocenters. The summed E-state index contributed by atoms with van der Waals surface area (Å²) in [5, 5.41) is 0. The summed E-state index contributed by atoms with van der Waals surface area (Å²) >= 11 is 0. The van der Waals surface area contributed by atoms with Crippen LogP contribution in [0.15, 0.2) is 0 Å². The van der Waals surface area contributed by atoms with Gasteiger partial charge in [-0.2, -0.15) is 0 Å². The number of likely N-dealkylation sites (N-methyl/N-ethyl adjacent to an activating group) is 1. The lowest BCUT2D eigenvalue weighted by Crippen LogP contribution is -2.65. The van der Waals surface area contributed by atoms with E-state index in [4.69, 9.17) is 5.73 Å². The first kappa shape index (κ1) is 15.9. The molecule has 1 rings (SSSR count). The van der Waals surface area contributed by atoms with E-state index in [1.54, 1.807) is 0 Å². The molecule has 0 saturated carbocycles. The van der Waals surface area contributed by atoms with Gasteiger partial charge in [-0.3, -0.25) is 9.80 Å². The van der Waals surface area contributed by atoms with Gasteiger partial charge in [0.05, 0.1) is 0 Å². The Labute approximate surface area is 114 Å². The number of hydrogen-bond donors (Lipinski definition) is 1. The Morgan fingerprint density at radius 3 is 2.17 bits per heavy atom. The Morgan fingerprint density at radius 2 is 1.78 bits per heavy atom. The van der Waals surface area contributed by atoms with Crippen molar-refractivity contribution in [2.75, 3.05) is 26.7 Å². The Bertz CT molecular complexity index is 267. The summed E-state index contributed by atoms with van der Waals surface area (Å²) in [5.41, 5.74) is 6.88. The zero-order chi connectivity index (χ0) is 14.1. The van der Waals surface area contributed by atoms with Gasteiger partial charge in [-0.1, -0.05) is 27.7 Å². The van der Waals surface area contributed by atoms with Crippen LogP contribution in [-0.2, 0) is 0 Å². The molecule has 1 heterocycles. The number of nitrogens with zero attached hydrogens (tertiary/aromatic N) is 2. The quantitative estimate of drug-likeness (QED) is 0.839. The van der Waals surface area contributed by atoms with Crippen LogP contribution in [0, 0.1) is 5.41 Å². The fourth-order valence-corrected chi connectivity index (χ4v) is 3.20. The van der Waals surface area contributed by atoms with E-state index >= 15 is 0 Å². The number of rotatable bonds is 3. The van der Waals surface area contributed by atoms with E-state index in [1.165, 1.54) is 0 Å². The van der Waals surface area contributed by atoms with Gasteiger partial charge >= 0.3 is 0 Å². The highest BCUT2D eigenvalue weighted by Gasteiger charge is 2.40. The number of hydrogen-bond acceptors (Lipinski definition) is 3. The van der Waals surface area contributed by atoms with Crippen LogP contribution in [0.5, 0.6) is 0 Å². The first-order chi connectivity index (χ1) is 8.09. The van der Waals surface area contributed by atoms with E-state index in [1.807, 2.05) is 0 Å². The van der Waals surface area contributed by atoms with Crippen molar-refractivity contribution >= 4 is 0 Å². The van der Waals surface area contributed by atoms with Gasteiger partial charge in [0.2, 0.25) is 0 Å². The maximum absolute atomic E-state index is 6.40. The van der Waals surface area contributed by atoms with Gasteiger partial charge in [0.25, 0.3) is 0 Å². The van der Waals surface area contributed by atoms with Gasteiger partial charge in [-0.15, -0.1) is 0 Å². The second kappa shape index (κ2) is 5.48. The fraction of sp³-hybridized carbons (Fsp3) is 1.00. The van der Waals surface area contributed by atoms with Crippen LogP contribution in [-0.4, -0.2) is 54.1 Å². The highest BCUT2D eigenvalue weighted by atomic mass is 15.3. The maximum Gasteiger partial charge on any atom is 0.0296 e. The Kier molecular flexibility index (Phi) is 4.85. The summed E-state index contributed by atoms with van der Waals surface area (Å²) in [4.78, 5) is 5.08. The molecule has 108 valence electrons. The second-order valence-electron chi connectivity index (χ2n) is 7.59. The van der Waals surface area contributed by atoms with E-state index in [0.717, 1.165) is 26.1 Å². The maximum atomic E-state index is 6.40. The molecule has 0 amide bonds. The summed E-state index contributed by atoms with van der Waals surface area (Å²) in [5.74, 6) is 0. The van der Waals surface area contributed by atoms with E-state index in [-0.39, 0.29) is 17.0 Å².